The highest BCUT2D eigenvalue weighted by atomic mass is 16.6. The van der Waals surface area contributed by atoms with Gasteiger partial charge in [0, 0.05) is 57.8 Å². The van der Waals surface area contributed by atoms with Gasteiger partial charge < -0.3 is 30.1 Å². The number of piperidine rings is 1. The van der Waals surface area contributed by atoms with E-state index >= 15 is 4.79 Å². The molecule has 5 atom stereocenters. The lowest BCUT2D eigenvalue weighted by Crippen LogP contribution is -2.62. The zero-order valence-electron chi connectivity index (χ0n) is 39.2. The van der Waals surface area contributed by atoms with Crippen LogP contribution in [0.15, 0.2) is 36.9 Å². The number of ether oxygens (including phenoxy) is 1. The van der Waals surface area contributed by atoms with E-state index in [0.717, 1.165) is 37.7 Å². The predicted octanol–water partition coefficient (Wildman–Crippen LogP) is 7.72. The van der Waals surface area contributed by atoms with Crippen LogP contribution in [-0.2, 0) is 41.7 Å². The third-order valence-electron chi connectivity index (χ3n) is 14.2. The van der Waals surface area contributed by atoms with E-state index in [4.69, 9.17) is 4.74 Å². The van der Waals surface area contributed by atoms with E-state index < -0.39 is 70.6 Å². The lowest BCUT2D eigenvalue weighted by atomic mass is 9.70. The number of fused-ring (bicyclic) bond motifs is 1. The Kier molecular flexibility index (Phi) is 16.8. The number of carbonyl (C=O) groups excluding carboxylic acids is 7. The van der Waals surface area contributed by atoms with Crippen molar-refractivity contribution in [3.05, 3.63) is 48.0 Å². The molecule has 348 valence electrons. The summed E-state index contributed by atoms with van der Waals surface area (Å²) >= 11 is 0. The van der Waals surface area contributed by atoms with Crippen LogP contribution in [0.3, 0.4) is 0 Å². The van der Waals surface area contributed by atoms with Crippen LogP contribution in [0, 0.1) is 22.2 Å². The topological polar surface area (TPSA) is 162 Å². The van der Waals surface area contributed by atoms with Crippen LogP contribution in [0.5, 0.6) is 0 Å². The molecule has 1 aromatic carbocycles. The van der Waals surface area contributed by atoms with Crippen LogP contribution in [-0.4, -0.2) is 106 Å². The molecule has 3 heterocycles. The molecule has 2 N–H and O–H groups in total. The Morgan fingerprint density at radius 2 is 1.67 bits per heavy atom. The zero-order chi connectivity index (χ0) is 46.1. The number of allylic oxidation sites excluding steroid dienone is 1. The van der Waals surface area contributed by atoms with Crippen LogP contribution in [0.2, 0.25) is 0 Å². The van der Waals surface area contributed by atoms with E-state index in [-0.39, 0.29) is 42.9 Å². The molecule has 1 aromatic rings. The van der Waals surface area contributed by atoms with E-state index in [1.807, 2.05) is 57.7 Å². The Balaban J connectivity index is 1.41. The van der Waals surface area contributed by atoms with Crippen LogP contribution < -0.4 is 10.6 Å². The van der Waals surface area contributed by atoms with Crippen molar-refractivity contribution in [2.24, 2.45) is 22.2 Å². The monoisotopic (exact) mass is 874 g/mol. The molecule has 0 aromatic heterocycles. The lowest BCUT2D eigenvalue weighted by molar-refractivity contribution is -0.144. The van der Waals surface area contributed by atoms with Gasteiger partial charge in [0.15, 0.2) is 11.6 Å². The second kappa shape index (κ2) is 21.4. The standard InChI is InChI=1S/C50H75N5O8/c1-9-11-18-35(43(59)39(56)21-12-10-2)28-40(57)38-29-37(63-47(62)54-26-22-34-19-14-15-20-36(34)31-54)32-55(38)45(60)44(50(8)23-16-13-17-24-50)52-46(61)51-41(48(3,4)5)33-53-27-25-49(6,7)30-42(53)58/h10,14-15,19-20,35,37-38,41,44H,2,9,11-13,16-18,21-33H2,1,3-8H3,(H2,51,52,61)/t35?,37-,38+,41-,44-/m1/s1. The molecule has 1 aliphatic carbocycles. The Morgan fingerprint density at radius 1 is 0.968 bits per heavy atom. The molecule has 5 amide bonds. The second-order valence-corrected chi connectivity index (χ2v) is 20.9. The van der Waals surface area contributed by atoms with Crippen molar-refractivity contribution in [2.75, 3.05) is 26.2 Å². The maximum atomic E-state index is 15.3. The fourth-order valence-corrected chi connectivity index (χ4v) is 9.84. The van der Waals surface area contributed by atoms with E-state index in [1.54, 1.807) is 11.0 Å². The van der Waals surface area contributed by atoms with Gasteiger partial charge in [0.05, 0.1) is 18.6 Å². The van der Waals surface area contributed by atoms with Crippen molar-refractivity contribution in [3.8, 4) is 0 Å². The minimum Gasteiger partial charge on any atom is -0.444 e. The maximum absolute atomic E-state index is 15.3. The molecular weight excluding hydrogens is 799 g/mol. The van der Waals surface area contributed by atoms with Crippen LogP contribution in [0.4, 0.5) is 9.59 Å². The molecule has 3 aliphatic heterocycles. The molecule has 3 fully saturated rings. The third kappa shape index (κ3) is 13.0. The summed E-state index contributed by atoms with van der Waals surface area (Å²) < 4.78 is 6.12. The van der Waals surface area contributed by atoms with E-state index in [2.05, 4.69) is 37.1 Å². The SMILES string of the molecule is C=CCCC(=O)C(=O)C(CCCC)CC(=O)[C@@H]1C[C@@H](OC(=O)N2CCc3ccccc3C2)CN1C(=O)[C@@H](NC(=O)N[C@H](CN1CCC(C)(C)CC1=O)C(C)(C)C)C1(C)CCCCC1. The van der Waals surface area contributed by atoms with Crippen LogP contribution in [0.1, 0.15) is 149 Å². The van der Waals surface area contributed by atoms with Gasteiger partial charge in [0.25, 0.3) is 0 Å². The van der Waals surface area contributed by atoms with Gasteiger partial charge in [-0.1, -0.05) is 111 Å². The Labute approximate surface area is 375 Å². The summed E-state index contributed by atoms with van der Waals surface area (Å²) in [6.07, 6.45) is 8.20. The summed E-state index contributed by atoms with van der Waals surface area (Å²) in [5.41, 5.74) is 1.04. The van der Waals surface area contributed by atoms with Gasteiger partial charge in [-0.05, 0) is 65.9 Å². The summed E-state index contributed by atoms with van der Waals surface area (Å²) in [7, 11) is 0. The van der Waals surface area contributed by atoms with E-state index in [9.17, 15) is 28.8 Å². The van der Waals surface area contributed by atoms with Gasteiger partial charge in [-0.3, -0.25) is 24.0 Å². The first-order valence-electron chi connectivity index (χ1n) is 23.6. The van der Waals surface area contributed by atoms with Gasteiger partial charge in [-0.15, -0.1) is 6.58 Å². The summed E-state index contributed by atoms with van der Waals surface area (Å²) in [6.45, 7) is 19.6. The van der Waals surface area contributed by atoms with Gasteiger partial charge in [0.2, 0.25) is 17.6 Å². The lowest BCUT2D eigenvalue weighted by Gasteiger charge is -2.43. The summed E-state index contributed by atoms with van der Waals surface area (Å²) in [5, 5.41) is 6.23. The first kappa shape index (κ1) is 49.5. The Morgan fingerprint density at radius 3 is 2.32 bits per heavy atom. The molecule has 13 heteroatoms. The van der Waals surface area contributed by atoms with Crippen molar-refractivity contribution in [1.29, 1.82) is 0 Å². The van der Waals surface area contributed by atoms with Gasteiger partial charge >= 0.3 is 12.1 Å². The number of nitrogens with one attached hydrogen (secondary N) is 2. The highest BCUT2D eigenvalue weighted by molar-refractivity contribution is 6.38. The summed E-state index contributed by atoms with van der Waals surface area (Å²) in [6, 6.07) is 4.91. The number of unbranched alkanes of at least 4 members (excludes halogenated alkanes) is 1. The molecule has 5 rings (SSSR count). The first-order chi connectivity index (χ1) is 29.7. The molecule has 1 saturated carbocycles. The molecule has 2 saturated heterocycles. The summed E-state index contributed by atoms with van der Waals surface area (Å²) in [5.74, 6) is -2.74. The molecule has 63 heavy (non-hydrogen) atoms. The van der Waals surface area contributed by atoms with Crippen LogP contribution in [0.25, 0.3) is 0 Å². The highest BCUT2D eigenvalue weighted by Gasteiger charge is 2.49. The largest absolute Gasteiger partial charge is 0.444 e. The average molecular weight is 874 g/mol. The molecule has 0 bridgehead atoms. The normalized spacial score (nSPS) is 22.3. The molecule has 4 aliphatic rings. The highest BCUT2D eigenvalue weighted by Crippen LogP contribution is 2.41. The number of carbonyl (C=O) groups is 7. The van der Waals surface area contributed by atoms with Gasteiger partial charge in [0.1, 0.15) is 12.1 Å². The van der Waals surface area contributed by atoms with E-state index in [0.29, 0.717) is 71.1 Å². The Hall–Kier alpha value is -4.55. The van der Waals surface area contributed by atoms with E-state index in [1.165, 1.54) is 10.5 Å². The molecular formula is C50H75N5O8. The zero-order valence-corrected chi connectivity index (χ0v) is 39.2. The second-order valence-electron chi connectivity index (χ2n) is 20.9. The Bertz CT molecular complexity index is 1850. The predicted molar refractivity (Wildman–Crippen MR) is 243 cm³/mol. The molecule has 1 unspecified atom stereocenters. The number of amides is 5. The minimum atomic E-state index is -1.05. The van der Waals surface area contributed by atoms with Crippen molar-refractivity contribution in [1.82, 2.24) is 25.3 Å². The molecule has 13 nitrogen and oxygen atoms in total. The number of urea groups is 1. The van der Waals surface area contributed by atoms with Gasteiger partial charge in [-0.2, -0.15) is 0 Å². The fraction of sp³-hybridized carbons (Fsp3) is 0.700. The van der Waals surface area contributed by atoms with Crippen LogP contribution >= 0.6 is 0 Å². The maximum Gasteiger partial charge on any atom is 0.410 e. The third-order valence-corrected chi connectivity index (χ3v) is 14.2. The van der Waals surface area contributed by atoms with Crippen molar-refractivity contribution < 1.29 is 38.3 Å². The molecule has 0 spiro atoms. The van der Waals surface area contributed by atoms with Gasteiger partial charge in [-0.25, -0.2) is 9.59 Å². The fourth-order valence-electron chi connectivity index (χ4n) is 9.84. The van der Waals surface area contributed by atoms with Crippen molar-refractivity contribution in [3.63, 3.8) is 0 Å². The number of rotatable bonds is 18. The average Bonchev–Trinajstić information content (AvgIpc) is 3.66. The number of nitrogens with zero attached hydrogens (tertiary/aromatic N) is 3. The first-order valence-corrected chi connectivity index (χ1v) is 23.6. The minimum absolute atomic E-state index is 0.0166. The number of likely N-dealkylation sites (tertiary alicyclic amines) is 2. The van der Waals surface area contributed by atoms with Crippen molar-refractivity contribution in [2.45, 2.75) is 176 Å². The number of ketones is 3. The number of Topliss-reactive ketones (excluding diaryl/α,β-unsaturated/α-hetero) is 3. The van der Waals surface area contributed by atoms with Crippen molar-refractivity contribution >= 4 is 41.3 Å². The smallest absolute Gasteiger partial charge is 0.410 e. The quantitative estimate of drug-likeness (QED) is 0.112. The number of hydrogen-bond acceptors (Lipinski definition) is 8. The summed E-state index contributed by atoms with van der Waals surface area (Å²) in [4.78, 5) is 103. The number of benzene rings is 1. The number of hydrogen-bond donors (Lipinski definition) is 2. The molecule has 0 radical (unpaired) electrons.